The number of nitrogens with one attached hydrogen (secondary N) is 1. The van der Waals surface area contributed by atoms with Gasteiger partial charge in [0.2, 0.25) is 0 Å². The van der Waals surface area contributed by atoms with Gasteiger partial charge in [0.25, 0.3) is 5.91 Å². The summed E-state index contributed by atoms with van der Waals surface area (Å²) >= 11 is 0. The van der Waals surface area contributed by atoms with Crippen molar-refractivity contribution in [3.63, 3.8) is 0 Å². The second-order valence-corrected chi connectivity index (χ2v) is 5.29. The molecule has 0 radical (unpaired) electrons. The van der Waals surface area contributed by atoms with Crippen molar-refractivity contribution in [2.75, 3.05) is 7.11 Å². The zero-order chi connectivity index (χ0) is 18.4. The molecule has 132 valence electrons. The van der Waals surface area contributed by atoms with Crippen molar-refractivity contribution in [2.45, 2.75) is 19.1 Å². The first-order valence-corrected chi connectivity index (χ1v) is 7.40. The van der Waals surface area contributed by atoms with Crippen LogP contribution in [0.3, 0.4) is 0 Å². The third kappa shape index (κ3) is 5.07. The van der Waals surface area contributed by atoms with Crippen LogP contribution >= 0.6 is 0 Å². The lowest BCUT2D eigenvalue weighted by Crippen LogP contribution is -2.24. The van der Waals surface area contributed by atoms with Crippen LogP contribution in [0.1, 0.15) is 27.0 Å². The van der Waals surface area contributed by atoms with Gasteiger partial charge in [-0.1, -0.05) is 30.3 Å². The Morgan fingerprint density at radius 1 is 1.08 bits per heavy atom. The lowest BCUT2D eigenvalue weighted by Gasteiger charge is -2.13. The molecular formula is C18H16F3NO3. The summed E-state index contributed by atoms with van der Waals surface area (Å²) in [4.78, 5) is 23.5. The van der Waals surface area contributed by atoms with Crippen LogP contribution in [0.5, 0.6) is 0 Å². The first-order chi connectivity index (χ1) is 11.8. The molecule has 1 amide bonds. The van der Waals surface area contributed by atoms with Crippen molar-refractivity contribution in [1.29, 1.82) is 0 Å². The summed E-state index contributed by atoms with van der Waals surface area (Å²) in [5, 5.41) is 2.47. The highest BCUT2D eigenvalue weighted by molar-refractivity contribution is 5.94. The quantitative estimate of drug-likeness (QED) is 0.841. The number of esters is 1. The van der Waals surface area contributed by atoms with E-state index in [1.165, 1.54) is 37.4 Å². The fourth-order valence-electron chi connectivity index (χ4n) is 2.29. The van der Waals surface area contributed by atoms with E-state index in [9.17, 15) is 22.8 Å². The van der Waals surface area contributed by atoms with E-state index >= 15 is 0 Å². The van der Waals surface area contributed by atoms with E-state index in [0.717, 1.165) is 6.07 Å². The number of rotatable bonds is 5. The predicted octanol–water partition coefficient (Wildman–Crippen LogP) is 3.35. The van der Waals surface area contributed by atoms with Gasteiger partial charge in [0.05, 0.1) is 19.1 Å². The first kappa shape index (κ1) is 18.5. The van der Waals surface area contributed by atoms with Crippen molar-refractivity contribution in [2.24, 2.45) is 0 Å². The number of carbonyl (C=O) groups excluding carboxylic acids is 2. The number of benzene rings is 2. The average Bonchev–Trinajstić information content (AvgIpc) is 2.59. The van der Waals surface area contributed by atoms with E-state index in [2.05, 4.69) is 10.1 Å². The molecule has 0 fully saturated rings. The fourth-order valence-corrected chi connectivity index (χ4v) is 2.29. The standard InChI is InChI=1S/C18H16F3NO3/c1-25-16(23)10-12-5-4-7-13(9-12)17(24)22-11-14-6-2-3-8-15(14)18(19,20)21/h2-9H,10-11H2,1H3,(H,22,24). The first-order valence-electron chi connectivity index (χ1n) is 7.40. The van der Waals surface area contributed by atoms with Gasteiger partial charge in [-0.3, -0.25) is 9.59 Å². The van der Waals surface area contributed by atoms with Gasteiger partial charge in [-0.05, 0) is 29.3 Å². The molecule has 0 aliphatic carbocycles. The average molecular weight is 351 g/mol. The molecule has 2 aromatic carbocycles. The molecular weight excluding hydrogens is 335 g/mol. The minimum atomic E-state index is -4.48. The normalized spacial score (nSPS) is 11.0. The van der Waals surface area contributed by atoms with Gasteiger partial charge in [-0.2, -0.15) is 13.2 Å². The Morgan fingerprint density at radius 2 is 1.80 bits per heavy atom. The lowest BCUT2D eigenvalue weighted by molar-refractivity contribution is -0.140. The van der Waals surface area contributed by atoms with Gasteiger partial charge < -0.3 is 10.1 Å². The maximum atomic E-state index is 12.9. The zero-order valence-corrected chi connectivity index (χ0v) is 13.4. The van der Waals surface area contributed by atoms with E-state index in [1.807, 2.05) is 0 Å². The van der Waals surface area contributed by atoms with Crippen molar-refractivity contribution >= 4 is 11.9 Å². The maximum Gasteiger partial charge on any atom is 0.416 e. The molecule has 0 heterocycles. The van der Waals surface area contributed by atoms with Crippen LogP contribution in [0, 0.1) is 0 Å². The van der Waals surface area contributed by atoms with E-state index in [4.69, 9.17) is 0 Å². The molecule has 7 heteroatoms. The number of halogens is 3. The van der Waals surface area contributed by atoms with Gasteiger partial charge in [-0.25, -0.2) is 0 Å². The second kappa shape index (κ2) is 7.83. The zero-order valence-electron chi connectivity index (χ0n) is 13.4. The van der Waals surface area contributed by atoms with Crippen LogP contribution in [0.25, 0.3) is 0 Å². The van der Waals surface area contributed by atoms with Crippen LogP contribution in [-0.2, 0) is 28.7 Å². The Balaban J connectivity index is 2.09. The van der Waals surface area contributed by atoms with Crippen molar-refractivity contribution in [1.82, 2.24) is 5.32 Å². The van der Waals surface area contributed by atoms with Crippen molar-refractivity contribution in [3.8, 4) is 0 Å². The lowest BCUT2D eigenvalue weighted by atomic mass is 10.1. The Morgan fingerprint density at radius 3 is 2.48 bits per heavy atom. The molecule has 0 saturated heterocycles. The Bertz CT molecular complexity index is 772. The molecule has 0 bridgehead atoms. The monoisotopic (exact) mass is 351 g/mol. The van der Waals surface area contributed by atoms with Crippen LogP contribution < -0.4 is 5.32 Å². The smallest absolute Gasteiger partial charge is 0.416 e. The van der Waals surface area contributed by atoms with Crippen LogP contribution in [-0.4, -0.2) is 19.0 Å². The minimum Gasteiger partial charge on any atom is -0.469 e. The van der Waals surface area contributed by atoms with E-state index < -0.39 is 23.6 Å². The summed E-state index contributed by atoms with van der Waals surface area (Å²) in [7, 11) is 1.26. The molecule has 1 N–H and O–H groups in total. The molecule has 0 spiro atoms. The summed E-state index contributed by atoms with van der Waals surface area (Å²) in [5.74, 6) is -0.972. The number of carbonyl (C=O) groups is 2. The molecule has 2 rings (SSSR count). The fraction of sp³-hybridized carbons (Fsp3) is 0.222. The highest BCUT2D eigenvalue weighted by Gasteiger charge is 2.32. The molecule has 0 aromatic heterocycles. The molecule has 0 aliphatic rings. The predicted molar refractivity (Wildman–Crippen MR) is 84.8 cm³/mol. The molecule has 25 heavy (non-hydrogen) atoms. The molecule has 4 nitrogen and oxygen atoms in total. The number of hydrogen-bond acceptors (Lipinski definition) is 3. The van der Waals surface area contributed by atoms with Gasteiger partial charge in [0.15, 0.2) is 0 Å². The molecule has 0 unspecified atom stereocenters. The third-order valence-corrected chi connectivity index (χ3v) is 3.53. The largest absolute Gasteiger partial charge is 0.469 e. The van der Waals surface area contributed by atoms with Crippen LogP contribution in [0.15, 0.2) is 48.5 Å². The summed E-state index contributed by atoms with van der Waals surface area (Å²) in [6, 6.07) is 11.3. The van der Waals surface area contributed by atoms with Gasteiger partial charge in [0.1, 0.15) is 0 Å². The van der Waals surface area contributed by atoms with Crippen molar-refractivity contribution in [3.05, 3.63) is 70.8 Å². The highest BCUT2D eigenvalue weighted by Crippen LogP contribution is 2.31. The van der Waals surface area contributed by atoms with Gasteiger partial charge in [0, 0.05) is 12.1 Å². The highest BCUT2D eigenvalue weighted by atomic mass is 19.4. The number of hydrogen-bond donors (Lipinski definition) is 1. The molecule has 0 aliphatic heterocycles. The number of methoxy groups -OCH3 is 1. The summed E-state index contributed by atoms with van der Waals surface area (Å²) in [6.07, 6.45) is -4.48. The summed E-state index contributed by atoms with van der Waals surface area (Å²) in [6.45, 7) is -0.254. The van der Waals surface area contributed by atoms with Crippen molar-refractivity contribution < 1.29 is 27.5 Å². The summed E-state index contributed by atoms with van der Waals surface area (Å²) in [5.41, 5.74) is 0.0323. The van der Waals surface area contributed by atoms with E-state index in [0.29, 0.717) is 5.56 Å². The third-order valence-electron chi connectivity index (χ3n) is 3.53. The van der Waals surface area contributed by atoms with Gasteiger partial charge in [-0.15, -0.1) is 0 Å². The molecule has 0 atom stereocenters. The minimum absolute atomic E-state index is 0.00846. The topological polar surface area (TPSA) is 55.4 Å². The van der Waals surface area contributed by atoms with E-state index in [-0.39, 0.29) is 24.1 Å². The Labute approximate surface area is 142 Å². The summed E-state index contributed by atoms with van der Waals surface area (Å²) < 4.78 is 43.4. The van der Waals surface area contributed by atoms with Crippen LogP contribution in [0.2, 0.25) is 0 Å². The Hall–Kier alpha value is -2.83. The number of amides is 1. The molecule has 2 aromatic rings. The van der Waals surface area contributed by atoms with Gasteiger partial charge >= 0.3 is 12.1 Å². The molecule has 0 saturated carbocycles. The SMILES string of the molecule is COC(=O)Cc1cccc(C(=O)NCc2ccccc2C(F)(F)F)c1. The Kier molecular flexibility index (Phi) is 5.80. The number of ether oxygens (including phenoxy) is 1. The maximum absolute atomic E-state index is 12.9. The second-order valence-electron chi connectivity index (χ2n) is 5.29. The number of alkyl halides is 3. The van der Waals surface area contributed by atoms with E-state index in [1.54, 1.807) is 12.1 Å². The van der Waals surface area contributed by atoms with Crippen LogP contribution in [0.4, 0.5) is 13.2 Å².